The predicted molar refractivity (Wildman–Crippen MR) is 68.6 cm³/mol. The second-order valence-electron chi connectivity index (χ2n) is 4.24. The van der Waals surface area contributed by atoms with Crippen LogP contribution >= 0.6 is 0 Å². The van der Waals surface area contributed by atoms with E-state index in [1.807, 2.05) is 19.9 Å². The van der Waals surface area contributed by atoms with Crippen molar-refractivity contribution in [3.63, 3.8) is 0 Å². The Balaban J connectivity index is 2.48. The van der Waals surface area contributed by atoms with Crippen LogP contribution in [0.2, 0.25) is 0 Å². The predicted octanol–water partition coefficient (Wildman–Crippen LogP) is 2.53. The zero-order chi connectivity index (χ0) is 13.1. The number of nitrogens with zero attached hydrogens (tertiary/aromatic N) is 2. The van der Waals surface area contributed by atoms with Crippen LogP contribution in [0.3, 0.4) is 0 Å². The molecule has 0 bridgehead atoms. The number of hydrogen-bond donors (Lipinski definition) is 1. The highest BCUT2D eigenvalue weighted by molar-refractivity contribution is 5.34. The number of rotatable bonds is 3. The second kappa shape index (κ2) is 5.23. The molecule has 0 amide bonds. The molecule has 4 heteroatoms. The number of aromatic nitrogens is 2. The first-order valence-electron chi connectivity index (χ1n) is 5.96. The Hall–Kier alpha value is -1.81. The van der Waals surface area contributed by atoms with Gasteiger partial charge >= 0.3 is 0 Å². The molecule has 0 saturated carbocycles. The summed E-state index contributed by atoms with van der Waals surface area (Å²) in [6, 6.07) is 7.93. The summed E-state index contributed by atoms with van der Waals surface area (Å²) in [6.07, 6.45) is 0.727. The van der Waals surface area contributed by atoms with E-state index in [1.54, 1.807) is 18.2 Å². The van der Waals surface area contributed by atoms with Crippen molar-refractivity contribution >= 4 is 0 Å². The Bertz CT molecular complexity index is 554. The van der Waals surface area contributed by atoms with Crippen molar-refractivity contribution in [2.75, 3.05) is 0 Å². The fourth-order valence-corrected chi connectivity index (χ4v) is 1.97. The average molecular weight is 245 g/mol. The van der Waals surface area contributed by atoms with Crippen LogP contribution in [0, 0.1) is 12.7 Å². The molecule has 0 fully saturated rings. The van der Waals surface area contributed by atoms with Gasteiger partial charge in [0.25, 0.3) is 0 Å². The monoisotopic (exact) mass is 245 g/mol. The summed E-state index contributed by atoms with van der Waals surface area (Å²) in [7, 11) is 0. The molecule has 0 aliphatic rings. The minimum atomic E-state index is -0.504. The van der Waals surface area contributed by atoms with Gasteiger partial charge in [-0.15, -0.1) is 0 Å². The topological polar surface area (TPSA) is 51.8 Å². The van der Waals surface area contributed by atoms with Gasteiger partial charge < -0.3 is 5.73 Å². The van der Waals surface area contributed by atoms with E-state index in [0.29, 0.717) is 5.56 Å². The van der Waals surface area contributed by atoms with E-state index in [4.69, 9.17) is 5.73 Å². The summed E-state index contributed by atoms with van der Waals surface area (Å²) in [4.78, 5) is 0. The lowest BCUT2D eigenvalue weighted by Crippen LogP contribution is -2.17. The maximum Gasteiger partial charge on any atom is 0.128 e. The van der Waals surface area contributed by atoms with Crippen LogP contribution in [0.4, 0.5) is 4.39 Å². The van der Waals surface area contributed by atoms with Crippen molar-refractivity contribution in [2.45, 2.75) is 26.3 Å². The highest BCUT2D eigenvalue weighted by Crippen LogP contribution is 2.24. The Kier molecular flexibility index (Phi) is 3.67. The van der Waals surface area contributed by atoms with Crippen LogP contribution in [0.5, 0.6) is 0 Å². The van der Waals surface area contributed by atoms with Gasteiger partial charge in [-0.25, -0.2) is 4.39 Å². The van der Waals surface area contributed by atoms with Crippen molar-refractivity contribution in [3.8, 4) is 0 Å². The first-order valence-corrected chi connectivity index (χ1v) is 5.96. The fourth-order valence-electron chi connectivity index (χ4n) is 1.97. The smallest absolute Gasteiger partial charge is 0.128 e. The van der Waals surface area contributed by atoms with Gasteiger partial charge in [0.05, 0.1) is 17.4 Å². The number of halogens is 1. The van der Waals surface area contributed by atoms with E-state index < -0.39 is 6.04 Å². The minimum Gasteiger partial charge on any atom is -0.320 e. The lowest BCUT2D eigenvalue weighted by Gasteiger charge is -2.16. The normalized spacial score (nSPS) is 12.4. The summed E-state index contributed by atoms with van der Waals surface area (Å²) in [5.74, 6) is -0.290. The van der Waals surface area contributed by atoms with Gasteiger partial charge in [0.1, 0.15) is 5.82 Å². The third kappa shape index (κ3) is 2.38. The highest BCUT2D eigenvalue weighted by atomic mass is 19.1. The summed E-state index contributed by atoms with van der Waals surface area (Å²) >= 11 is 0. The molecule has 0 saturated heterocycles. The summed E-state index contributed by atoms with van der Waals surface area (Å²) < 4.78 is 13.7. The maximum absolute atomic E-state index is 13.7. The van der Waals surface area contributed by atoms with Gasteiger partial charge in [0.15, 0.2) is 0 Å². The molecule has 18 heavy (non-hydrogen) atoms. The third-order valence-electron chi connectivity index (χ3n) is 2.94. The third-order valence-corrected chi connectivity index (χ3v) is 2.94. The minimum absolute atomic E-state index is 0.290. The van der Waals surface area contributed by atoms with Crippen LogP contribution in [0.1, 0.15) is 35.5 Å². The second-order valence-corrected chi connectivity index (χ2v) is 4.24. The molecule has 1 atom stereocenters. The van der Waals surface area contributed by atoms with Crippen LogP contribution in [-0.4, -0.2) is 10.2 Å². The molecule has 0 radical (unpaired) electrons. The van der Waals surface area contributed by atoms with Crippen LogP contribution in [0.15, 0.2) is 30.3 Å². The van der Waals surface area contributed by atoms with Gasteiger partial charge in [-0.3, -0.25) is 0 Å². The van der Waals surface area contributed by atoms with E-state index in [0.717, 1.165) is 23.4 Å². The molecule has 94 valence electrons. The van der Waals surface area contributed by atoms with Gasteiger partial charge in [-0.2, -0.15) is 10.2 Å². The molecule has 0 aliphatic heterocycles. The van der Waals surface area contributed by atoms with E-state index in [1.165, 1.54) is 6.07 Å². The van der Waals surface area contributed by atoms with Gasteiger partial charge in [-0.05, 0) is 31.0 Å². The molecule has 1 heterocycles. The van der Waals surface area contributed by atoms with E-state index in [2.05, 4.69) is 10.2 Å². The number of aryl methyl sites for hydroxylation is 2. The van der Waals surface area contributed by atoms with Crippen LogP contribution in [0.25, 0.3) is 0 Å². The molecule has 2 aromatic rings. The molecular formula is C14H16FN3. The zero-order valence-corrected chi connectivity index (χ0v) is 10.5. The number of hydrogen-bond acceptors (Lipinski definition) is 3. The van der Waals surface area contributed by atoms with Crippen molar-refractivity contribution < 1.29 is 4.39 Å². The first-order chi connectivity index (χ1) is 8.63. The zero-order valence-electron chi connectivity index (χ0n) is 10.5. The lowest BCUT2D eigenvalue weighted by molar-refractivity contribution is 0.597. The molecule has 0 spiro atoms. The van der Waals surface area contributed by atoms with Gasteiger partial charge in [0, 0.05) is 5.56 Å². The van der Waals surface area contributed by atoms with Crippen LogP contribution in [-0.2, 0) is 6.42 Å². The van der Waals surface area contributed by atoms with E-state index in [9.17, 15) is 4.39 Å². The lowest BCUT2D eigenvalue weighted by atomic mass is 9.97. The van der Waals surface area contributed by atoms with Crippen molar-refractivity contribution in [1.29, 1.82) is 0 Å². The molecule has 2 rings (SSSR count). The number of nitrogens with two attached hydrogens (primary N) is 1. The molecule has 1 aromatic heterocycles. The molecule has 2 N–H and O–H groups in total. The standard InChI is InChI=1S/C14H16FN3/c1-3-13-11(8-9(2)17-18-13)14(16)10-6-4-5-7-12(10)15/h4-8,14H,3,16H2,1-2H3. The molecular weight excluding hydrogens is 229 g/mol. The van der Waals surface area contributed by atoms with E-state index >= 15 is 0 Å². The van der Waals surface area contributed by atoms with Crippen molar-refractivity contribution in [3.05, 3.63) is 58.7 Å². The quantitative estimate of drug-likeness (QED) is 0.904. The Morgan fingerprint density at radius 1 is 1.22 bits per heavy atom. The molecule has 3 nitrogen and oxygen atoms in total. The van der Waals surface area contributed by atoms with Gasteiger partial charge in [-0.1, -0.05) is 25.1 Å². The first kappa shape index (κ1) is 12.6. The molecule has 1 aromatic carbocycles. The Morgan fingerprint density at radius 3 is 2.61 bits per heavy atom. The average Bonchev–Trinajstić information content (AvgIpc) is 2.38. The van der Waals surface area contributed by atoms with Crippen molar-refractivity contribution in [2.24, 2.45) is 5.73 Å². The van der Waals surface area contributed by atoms with Crippen LogP contribution < -0.4 is 5.73 Å². The Morgan fingerprint density at radius 2 is 1.94 bits per heavy atom. The summed E-state index contributed by atoms with van der Waals surface area (Å²) in [6.45, 7) is 3.83. The largest absolute Gasteiger partial charge is 0.320 e. The summed E-state index contributed by atoms with van der Waals surface area (Å²) in [5, 5.41) is 8.13. The SMILES string of the molecule is CCc1nnc(C)cc1C(N)c1ccccc1F. The molecule has 1 unspecified atom stereocenters. The highest BCUT2D eigenvalue weighted by Gasteiger charge is 2.17. The van der Waals surface area contributed by atoms with Gasteiger partial charge in [0.2, 0.25) is 0 Å². The Labute approximate surface area is 106 Å². The maximum atomic E-state index is 13.7. The molecule has 0 aliphatic carbocycles. The fraction of sp³-hybridized carbons (Fsp3) is 0.286. The number of benzene rings is 1. The van der Waals surface area contributed by atoms with Crippen molar-refractivity contribution in [1.82, 2.24) is 10.2 Å². The van der Waals surface area contributed by atoms with E-state index in [-0.39, 0.29) is 5.82 Å². The summed E-state index contributed by atoms with van der Waals surface area (Å²) in [5.41, 5.74) is 9.09.